The first kappa shape index (κ1) is 50.1. The summed E-state index contributed by atoms with van der Waals surface area (Å²) < 4.78 is 1.48. The largest absolute Gasteiger partial charge is 0.147 e. The summed E-state index contributed by atoms with van der Waals surface area (Å²) in [7, 11) is -3.36. The molecule has 9 aromatic carbocycles. The van der Waals surface area contributed by atoms with Gasteiger partial charge < -0.3 is 0 Å². The van der Waals surface area contributed by atoms with Crippen LogP contribution in [0, 0.1) is 5.92 Å². The first-order chi connectivity index (χ1) is 32.0. The molecule has 0 aromatic heterocycles. The van der Waals surface area contributed by atoms with Gasteiger partial charge in [0.05, 0.1) is 0 Å². The van der Waals surface area contributed by atoms with Gasteiger partial charge in [0.15, 0.2) is 0 Å². The van der Waals surface area contributed by atoms with Crippen LogP contribution in [0.25, 0.3) is 66.8 Å². The van der Waals surface area contributed by atoms with Crippen LogP contribution in [0.5, 0.6) is 0 Å². The van der Waals surface area contributed by atoms with Crippen molar-refractivity contribution < 1.29 is 20.4 Å². The average molecular weight is 993 g/mol. The van der Waals surface area contributed by atoms with Crippen molar-refractivity contribution in [1.82, 2.24) is 0 Å². The molecule has 0 aliphatic heterocycles. The molecule has 0 N–H and O–H groups in total. The topological polar surface area (TPSA) is 0 Å². The summed E-state index contributed by atoms with van der Waals surface area (Å²) in [4.78, 5) is 0. The van der Waals surface area contributed by atoms with E-state index < -0.39 is 8.07 Å². The van der Waals surface area contributed by atoms with Crippen molar-refractivity contribution in [2.45, 2.75) is 26.7 Å². The standard InChI is InChI=1S/C63H51Si.3ClH.Ti/c1-3-46(2)62-35-22-36-63(62)64(59-40-53(47-23-10-4-11-24-47)37-54(41-59)48-25-12-5-13-26-48,60-42-55(49-27-14-6-15-28-49)38-56(43-60)50-29-16-7-17-30-50)61-44-57(51-31-18-8-19-32-51)39-58(45-61)52-33-20-9-21-34-52;;;;/h4-21,23-34,36-46H,3,22H2,1-2H3;3*1H;. The number of hydrogen-bond donors (Lipinski definition) is 0. The predicted molar refractivity (Wildman–Crippen MR) is 298 cm³/mol. The molecule has 1 atom stereocenters. The second kappa shape index (κ2) is 22.6. The fourth-order valence-corrected chi connectivity index (χ4v) is 16.3. The summed E-state index contributed by atoms with van der Waals surface area (Å²) in [6.07, 6.45) is 4.66. The van der Waals surface area contributed by atoms with E-state index in [2.05, 4.69) is 277 Å². The van der Waals surface area contributed by atoms with Crippen molar-refractivity contribution in [2.75, 3.05) is 0 Å². The van der Waals surface area contributed by atoms with Crippen molar-refractivity contribution >= 4 is 60.9 Å². The quantitative estimate of drug-likeness (QED) is 0.0845. The zero-order valence-electron chi connectivity index (χ0n) is 38.3. The number of benzene rings is 9. The van der Waals surface area contributed by atoms with Gasteiger partial charge >= 0.3 is 401 Å². The van der Waals surface area contributed by atoms with Gasteiger partial charge in [-0.2, -0.15) is 0 Å². The number of halogens is 3. The van der Waals surface area contributed by atoms with E-state index in [1.807, 2.05) is 0 Å². The summed E-state index contributed by atoms with van der Waals surface area (Å²) in [5, 5.41) is 5.66. The van der Waals surface area contributed by atoms with Gasteiger partial charge in [-0.25, -0.2) is 0 Å². The fraction of sp³-hybridized carbons (Fsp3) is 0.0794. The molecule has 0 spiro atoms. The average Bonchev–Trinajstić information content (AvgIpc) is 3.78. The van der Waals surface area contributed by atoms with Crippen LogP contribution in [0.3, 0.4) is 0 Å². The van der Waals surface area contributed by atoms with E-state index in [9.17, 15) is 0 Å². The molecule has 5 heteroatoms. The zero-order chi connectivity index (χ0) is 44.2. The van der Waals surface area contributed by atoms with E-state index in [-0.39, 0.29) is 37.2 Å². The van der Waals surface area contributed by atoms with Gasteiger partial charge in [-0.05, 0) is 0 Å². The summed E-state index contributed by atoms with van der Waals surface area (Å²) >= 11 is 2.39. The molecule has 1 aliphatic carbocycles. The van der Waals surface area contributed by atoms with Crippen LogP contribution in [-0.2, 0) is 20.4 Å². The van der Waals surface area contributed by atoms with E-state index in [1.54, 1.807) is 0 Å². The summed E-state index contributed by atoms with van der Waals surface area (Å²) in [6, 6.07) is 88.8. The molecule has 0 saturated carbocycles. The van der Waals surface area contributed by atoms with Gasteiger partial charge in [-0.15, -0.1) is 37.2 Å². The van der Waals surface area contributed by atoms with Gasteiger partial charge in [-0.1, -0.05) is 0 Å². The fourth-order valence-electron chi connectivity index (χ4n) is 9.99. The number of allylic oxidation sites excluding steroid dienone is 4. The van der Waals surface area contributed by atoms with Gasteiger partial charge in [0.1, 0.15) is 0 Å². The van der Waals surface area contributed by atoms with Crippen LogP contribution < -0.4 is 15.6 Å². The molecular formula is C63H54Cl3SiTi. The van der Waals surface area contributed by atoms with Crippen molar-refractivity contribution in [1.29, 1.82) is 0 Å². The normalized spacial score (nSPS) is 12.5. The van der Waals surface area contributed by atoms with Crippen molar-refractivity contribution in [3.8, 4) is 66.8 Å². The monoisotopic (exact) mass is 991 g/mol. The minimum absolute atomic E-state index is 0. The maximum atomic E-state index is 2.65. The Morgan fingerprint density at radius 3 is 0.824 bits per heavy atom. The molecular weight excluding hydrogens is 939 g/mol. The Bertz CT molecular complexity index is 2680. The Kier molecular flexibility index (Phi) is 16.7. The van der Waals surface area contributed by atoms with Gasteiger partial charge in [0.2, 0.25) is 0 Å². The first-order valence-corrected chi connectivity index (χ1v) is 25.7. The molecule has 0 nitrogen and oxygen atoms in total. The molecule has 0 bridgehead atoms. The van der Waals surface area contributed by atoms with Crippen LogP contribution in [0.1, 0.15) is 26.7 Å². The Hall–Kier alpha value is -5.74. The van der Waals surface area contributed by atoms with Gasteiger partial charge in [0, 0.05) is 0 Å². The van der Waals surface area contributed by atoms with Crippen molar-refractivity contribution in [2.24, 2.45) is 5.92 Å². The maximum Gasteiger partial charge on any atom is -0.147 e. The Morgan fingerprint density at radius 1 is 0.368 bits per heavy atom. The van der Waals surface area contributed by atoms with E-state index in [1.165, 1.54) is 97.0 Å². The maximum absolute atomic E-state index is 3.36. The molecule has 9 aromatic rings. The molecule has 0 radical (unpaired) electrons. The van der Waals surface area contributed by atoms with Crippen molar-refractivity contribution in [3.05, 3.63) is 257 Å². The molecule has 0 fully saturated rings. The summed E-state index contributed by atoms with van der Waals surface area (Å²) in [6.45, 7) is 4.82. The van der Waals surface area contributed by atoms with Crippen LogP contribution in [-0.4, -0.2) is 8.07 Å². The van der Waals surface area contributed by atoms with E-state index in [4.69, 9.17) is 0 Å². The number of hydrogen-bond acceptors (Lipinski definition) is 0. The third-order valence-electron chi connectivity index (χ3n) is 13.4. The molecule has 10 rings (SSSR count). The second-order valence-electron chi connectivity index (χ2n) is 17.4. The number of rotatable bonds is 12. The minimum Gasteiger partial charge on any atom is -0.147 e. The summed E-state index contributed by atoms with van der Waals surface area (Å²) in [5.74, 6) is 0.373. The Morgan fingerprint density at radius 2 is 0.603 bits per heavy atom. The second-order valence-corrected chi connectivity index (χ2v) is 22.1. The Balaban J connectivity index is 0.00000228. The third-order valence-corrected chi connectivity index (χ3v) is 18.9. The summed E-state index contributed by atoms with van der Waals surface area (Å²) in [5.41, 5.74) is 16.2. The smallest absolute Gasteiger partial charge is 0.147 e. The minimum atomic E-state index is -3.36. The molecule has 0 heterocycles. The SMILES string of the molecule is CCC(C)C1=[C]([Ti])CC=C1[Si](c1cc(-c2ccccc2)cc(-c2ccccc2)c1)(c1cc(-c2ccccc2)cc(-c2ccccc2)c1)c1cc(-c2ccccc2)cc(-c2ccccc2)c1.Cl.Cl.Cl. The molecule has 68 heavy (non-hydrogen) atoms. The van der Waals surface area contributed by atoms with Gasteiger partial charge in [0.25, 0.3) is 0 Å². The van der Waals surface area contributed by atoms with E-state index in [0.717, 1.165) is 12.8 Å². The molecule has 1 unspecified atom stereocenters. The Labute approximate surface area is 434 Å². The molecule has 1 aliphatic rings. The van der Waals surface area contributed by atoms with Crippen LogP contribution in [0.4, 0.5) is 0 Å². The zero-order valence-corrected chi connectivity index (χ0v) is 43.3. The van der Waals surface area contributed by atoms with Crippen LogP contribution in [0.15, 0.2) is 257 Å². The van der Waals surface area contributed by atoms with Crippen LogP contribution >= 0.6 is 37.2 Å². The van der Waals surface area contributed by atoms with Gasteiger partial charge in [-0.3, -0.25) is 0 Å². The van der Waals surface area contributed by atoms with E-state index in [0.29, 0.717) is 5.92 Å². The molecule has 0 saturated heterocycles. The molecule has 0 amide bonds. The van der Waals surface area contributed by atoms with Crippen LogP contribution in [0.2, 0.25) is 0 Å². The van der Waals surface area contributed by atoms with Crippen molar-refractivity contribution in [3.63, 3.8) is 0 Å². The first-order valence-electron chi connectivity index (χ1n) is 22.9. The molecule has 335 valence electrons. The predicted octanol–water partition coefficient (Wildman–Crippen LogP) is 16.1. The van der Waals surface area contributed by atoms with E-state index >= 15 is 0 Å². The third kappa shape index (κ3) is 10.0.